The Bertz CT molecular complexity index is 738. The van der Waals surface area contributed by atoms with Crippen LogP contribution in [0.4, 0.5) is 13.2 Å². The van der Waals surface area contributed by atoms with Gasteiger partial charge in [0, 0.05) is 13.8 Å². The van der Waals surface area contributed by atoms with Gasteiger partial charge in [-0.3, -0.25) is 4.79 Å². The Morgan fingerprint density at radius 3 is 2.17 bits per heavy atom. The molecule has 0 amide bonds. The van der Waals surface area contributed by atoms with Crippen molar-refractivity contribution in [2.24, 2.45) is 7.05 Å². The number of hydrogen-bond acceptors (Lipinski definition) is 2. The Balaban J connectivity index is 2.69. The van der Waals surface area contributed by atoms with Gasteiger partial charge in [-0.15, -0.1) is 0 Å². The van der Waals surface area contributed by atoms with Gasteiger partial charge < -0.3 is 10.3 Å². The number of nitrogens with zero attached hydrogens (tertiary/aromatic N) is 2. The number of imidazole rings is 1. The van der Waals surface area contributed by atoms with E-state index < -0.39 is 35.8 Å². The molecule has 124 valence electrons. The summed E-state index contributed by atoms with van der Waals surface area (Å²) < 4.78 is 42.5. The number of benzene rings is 1. The van der Waals surface area contributed by atoms with E-state index in [-0.39, 0.29) is 11.4 Å². The van der Waals surface area contributed by atoms with E-state index in [1.54, 1.807) is 20.9 Å². The summed E-state index contributed by atoms with van der Waals surface area (Å²) in [6.07, 6.45) is -0.526. The molecule has 8 heteroatoms. The highest BCUT2D eigenvalue weighted by atomic mass is 19.2. The van der Waals surface area contributed by atoms with Gasteiger partial charge in [-0.05, 0) is 22.4 Å². The molecule has 1 aromatic carbocycles. The molecule has 2 aromatic rings. The first kappa shape index (κ1) is 16.9. The number of carbonyl (C=O) groups is 1. The van der Waals surface area contributed by atoms with Crippen LogP contribution in [-0.2, 0) is 11.8 Å². The molecule has 23 heavy (non-hydrogen) atoms. The molecule has 1 heterocycles. The predicted molar refractivity (Wildman–Crippen MR) is 72.7 cm³/mol. The molecule has 0 aliphatic carbocycles. The topological polar surface area (TPSA) is 66.3 Å². The quantitative estimate of drug-likeness (QED) is 0.513. The van der Waals surface area contributed by atoms with Gasteiger partial charge in [-0.25, -0.2) is 17.7 Å². The van der Waals surface area contributed by atoms with Crippen molar-refractivity contribution < 1.29 is 32.8 Å². The lowest BCUT2D eigenvalue weighted by Gasteiger charge is -2.13. The number of hydrogen-bond donors (Lipinski definition) is 2. The molecule has 1 atom stereocenters. The third kappa shape index (κ3) is 2.88. The van der Waals surface area contributed by atoms with E-state index in [2.05, 4.69) is 0 Å². The van der Waals surface area contributed by atoms with E-state index in [4.69, 9.17) is 5.11 Å². The van der Waals surface area contributed by atoms with Gasteiger partial charge in [0.1, 0.15) is 5.69 Å². The summed E-state index contributed by atoms with van der Waals surface area (Å²) in [5.74, 6) is -6.60. The van der Waals surface area contributed by atoms with Crippen LogP contribution in [-0.4, -0.2) is 21.0 Å². The highest BCUT2D eigenvalue weighted by molar-refractivity contribution is 5.68. The fraction of sp³-hybridized carbons (Fsp3) is 0.333. The molecule has 5 nitrogen and oxygen atoms in total. The standard InChI is InChI=1S/C15H15F3N2O3/c1-7-8(2)20(23)15(19(7)3)10(6-13(21)22)9-4-11(16)14(18)12(17)5-9/h4-5,10H,6H2,1-3H3,(H-,21,22,23)/p+1. The van der Waals surface area contributed by atoms with Gasteiger partial charge >= 0.3 is 11.8 Å². The number of aromatic nitrogens is 2. The van der Waals surface area contributed by atoms with Crippen LogP contribution >= 0.6 is 0 Å². The SMILES string of the molecule is Cc1c(C)[n+](C)c(C(CC(=O)O)c2cc(F)c(F)c(F)c2)n1O. The van der Waals surface area contributed by atoms with Crippen LogP contribution in [0.25, 0.3) is 0 Å². The van der Waals surface area contributed by atoms with Gasteiger partial charge in [-0.1, -0.05) is 0 Å². The van der Waals surface area contributed by atoms with E-state index >= 15 is 0 Å². The zero-order valence-electron chi connectivity index (χ0n) is 12.8. The minimum atomic E-state index is -1.63. The Morgan fingerprint density at radius 2 is 1.78 bits per heavy atom. The van der Waals surface area contributed by atoms with Gasteiger partial charge in [0.25, 0.3) is 0 Å². The average molecular weight is 329 g/mol. The molecule has 0 saturated heterocycles. The Kier molecular flexibility index (Phi) is 4.35. The molecule has 1 unspecified atom stereocenters. The third-order valence-corrected chi connectivity index (χ3v) is 4.00. The van der Waals surface area contributed by atoms with E-state index in [9.17, 15) is 23.2 Å². The van der Waals surface area contributed by atoms with Crippen LogP contribution in [0.1, 0.15) is 35.1 Å². The van der Waals surface area contributed by atoms with Crippen molar-refractivity contribution in [1.82, 2.24) is 4.73 Å². The normalized spacial score (nSPS) is 12.4. The van der Waals surface area contributed by atoms with Crippen molar-refractivity contribution in [3.63, 3.8) is 0 Å². The van der Waals surface area contributed by atoms with Crippen molar-refractivity contribution in [1.29, 1.82) is 0 Å². The minimum absolute atomic E-state index is 0.0767. The van der Waals surface area contributed by atoms with Crippen LogP contribution in [0, 0.1) is 31.3 Å². The number of carboxylic acids is 1. The summed E-state index contributed by atoms with van der Waals surface area (Å²) in [7, 11) is 1.59. The Hall–Kier alpha value is -2.51. The average Bonchev–Trinajstić information content (AvgIpc) is 2.66. The van der Waals surface area contributed by atoms with Gasteiger partial charge in [0.15, 0.2) is 23.1 Å². The summed E-state index contributed by atoms with van der Waals surface area (Å²) >= 11 is 0. The van der Waals surface area contributed by atoms with Crippen molar-refractivity contribution in [2.45, 2.75) is 26.2 Å². The second-order valence-electron chi connectivity index (χ2n) is 5.35. The second kappa shape index (κ2) is 5.94. The maximum absolute atomic E-state index is 13.5. The molecular weight excluding hydrogens is 313 g/mol. The Labute approximate surface area is 130 Å². The summed E-state index contributed by atoms with van der Waals surface area (Å²) in [6.45, 7) is 3.32. The first-order valence-corrected chi connectivity index (χ1v) is 6.78. The lowest BCUT2D eigenvalue weighted by atomic mass is 9.94. The molecule has 2 rings (SSSR count). The van der Waals surface area contributed by atoms with Crippen molar-refractivity contribution in [3.05, 3.63) is 52.4 Å². The molecular formula is C15H16F3N2O3+. The summed E-state index contributed by atoms with van der Waals surface area (Å²) in [6, 6.07) is 1.48. The summed E-state index contributed by atoms with van der Waals surface area (Å²) in [5.41, 5.74) is 1.04. The lowest BCUT2D eigenvalue weighted by Crippen LogP contribution is -2.37. The molecule has 0 aliphatic heterocycles. The van der Waals surface area contributed by atoms with Crippen LogP contribution in [0.3, 0.4) is 0 Å². The van der Waals surface area contributed by atoms with Crippen molar-refractivity contribution >= 4 is 5.97 Å². The molecule has 0 aliphatic rings. The number of carboxylic acid groups (broad SMARTS) is 1. The third-order valence-electron chi connectivity index (χ3n) is 4.00. The van der Waals surface area contributed by atoms with E-state index in [0.29, 0.717) is 11.4 Å². The largest absolute Gasteiger partial charge is 0.481 e. The molecule has 1 aromatic heterocycles. The molecule has 0 fully saturated rings. The monoisotopic (exact) mass is 329 g/mol. The zero-order valence-corrected chi connectivity index (χ0v) is 12.8. The van der Waals surface area contributed by atoms with Gasteiger partial charge in [-0.2, -0.15) is 0 Å². The van der Waals surface area contributed by atoms with E-state index in [1.165, 1.54) is 4.57 Å². The number of halogens is 3. The summed E-state index contributed by atoms with van der Waals surface area (Å²) in [5, 5.41) is 19.3. The van der Waals surface area contributed by atoms with Crippen molar-refractivity contribution in [2.75, 3.05) is 0 Å². The zero-order chi connectivity index (χ0) is 17.5. The van der Waals surface area contributed by atoms with Crippen LogP contribution in [0.2, 0.25) is 0 Å². The van der Waals surface area contributed by atoms with Crippen LogP contribution in [0.5, 0.6) is 0 Å². The van der Waals surface area contributed by atoms with Gasteiger partial charge in [0.2, 0.25) is 0 Å². The highest BCUT2D eigenvalue weighted by Gasteiger charge is 2.35. The first-order valence-electron chi connectivity index (χ1n) is 6.78. The van der Waals surface area contributed by atoms with Crippen molar-refractivity contribution in [3.8, 4) is 0 Å². The molecule has 2 N–H and O–H groups in total. The number of aliphatic carboxylic acids is 1. The number of rotatable bonds is 4. The lowest BCUT2D eigenvalue weighted by molar-refractivity contribution is -0.686. The van der Waals surface area contributed by atoms with Gasteiger partial charge in [0.05, 0.1) is 19.4 Å². The first-order chi connectivity index (χ1) is 10.6. The van der Waals surface area contributed by atoms with Crippen LogP contribution < -0.4 is 4.57 Å². The smallest absolute Gasteiger partial charge is 0.304 e. The second-order valence-corrected chi connectivity index (χ2v) is 5.35. The minimum Gasteiger partial charge on any atom is -0.481 e. The molecule has 0 saturated carbocycles. The predicted octanol–water partition coefficient (Wildman–Crippen LogP) is 2.19. The van der Waals surface area contributed by atoms with E-state index in [0.717, 1.165) is 16.9 Å². The molecule has 0 radical (unpaired) electrons. The Morgan fingerprint density at radius 1 is 1.26 bits per heavy atom. The highest BCUT2D eigenvalue weighted by Crippen LogP contribution is 2.29. The van der Waals surface area contributed by atoms with E-state index in [1.807, 2.05) is 0 Å². The summed E-state index contributed by atoms with van der Waals surface area (Å²) in [4.78, 5) is 11.1. The fourth-order valence-electron chi connectivity index (χ4n) is 2.57. The maximum atomic E-state index is 13.5. The maximum Gasteiger partial charge on any atom is 0.304 e. The molecule has 0 spiro atoms. The molecule has 0 bridgehead atoms. The van der Waals surface area contributed by atoms with Crippen LogP contribution in [0.15, 0.2) is 12.1 Å². The fourth-order valence-corrected chi connectivity index (χ4v) is 2.57.